The van der Waals surface area contributed by atoms with E-state index in [9.17, 15) is 5.11 Å². The third kappa shape index (κ3) is 4.08. The highest BCUT2D eigenvalue weighted by Crippen LogP contribution is 2.34. The van der Waals surface area contributed by atoms with E-state index < -0.39 is 5.60 Å². The average molecular weight is 315 g/mol. The van der Waals surface area contributed by atoms with Gasteiger partial charge < -0.3 is 9.84 Å². The lowest BCUT2D eigenvalue weighted by atomic mass is 9.84. The molecule has 1 N–H and O–H groups in total. The summed E-state index contributed by atoms with van der Waals surface area (Å²) in [6.45, 7) is 6.11. The van der Waals surface area contributed by atoms with E-state index in [0.717, 1.165) is 16.5 Å². The van der Waals surface area contributed by atoms with Gasteiger partial charge in [-0.1, -0.05) is 35.0 Å². The molecule has 3 heteroatoms. The normalized spacial score (nSPS) is 15.4. The predicted molar refractivity (Wildman–Crippen MR) is 78.7 cm³/mol. The second kappa shape index (κ2) is 6.18. The van der Waals surface area contributed by atoms with Gasteiger partial charge in [0.2, 0.25) is 0 Å². The van der Waals surface area contributed by atoms with E-state index in [1.165, 1.54) is 0 Å². The highest BCUT2D eigenvalue weighted by Gasteiger charge is 2.30. The van der Waals surface area contributed by atoms with Crippen LogP contribution in [-0.4, -0.2) is 17.8 Å². The van der Waals surface area contributed by atoms with Crippen molar-refractivity contribution in [3.05, 3.63) is 34.3 Å². The summed E-state index contributed by atoms with van der Waals surface area (Å²) < 4.78 is 6.41. The molecule has 0 aliphatic carbocycles. The van der Waals surface area contributed by atoms with Gasteiger partial charge in [0.05, 0.1) is 11.2 Å². The molecular weight excluding hydrogens is 292 g/mol. The molecule has 1 aromatic rings. The summed E-state index contributed by atoms with van der Waals surface area (Å²) in [5.41, 5.74) is -0.0133. The van der Waals surface area contributed by atoms with Crippen molar-refractivity contribution in [1.29, 1.82) is 0 Å². The minimum atomic E-state index is -0.778. The first-order chi connectivity index (χ1) is 8.33. The van der Waals surface area contributed by atoms with Crippen molar-refractivity contribution in [2.75, 3.05) is 7.11 Å². The molecule has 0 aliphatic heterocycles. The van der Waals surface area contributed by atoms with Crippen LogP contribution in [0, 0.1) is 0 Å². The number of aliphatic hydroxyl groups is 1. The number of halogens is 1. The van der Waals surface area contributed by atoms with Gasteiger partial charge in [-0.15, -0.1) is 0 Å². The molecule has 1 aromatic carbocycles. The zero-order valence-electron chi connectivity index (χ0n) is 11.7. The molecule has 0 saturated heterocycles. The van der Waals surface area contributed by atoms with Crippen LogP contribution in [0.1, 0.15) is 45.6 Å². The zero-order chi connectivity index (χ0) is 13.8. The van der Waals surface area contributed by atoms with E-state index in [4.69, 9.17) is 4.74 Å². The van der Waals surface area contributed by atoms with E-state index >= 15 is 0 Å². The maximum absolute atomic E-state index is 10.8. The molecule has 0 spiro atoms. The standard InChI is InChI=1S/C15H23BrO2/c1-5-15(17,10-9-14(2,3)18-4)12-7-6-8-13(16)11-12/h6-8,11,17H,5,9-10H2,1-4H3. The van der Waals surface area contributed by atoms with E-state index in [2.05, 4.69) is 15.9 Å². The molecule has 1 unspecified atom stereocenters. The molecular formula is C15H23BrO2. The molecule has 0 radical (unpaired) electrons. The minimum absolute atomic E-state index is 0.199. The zero-order valence-corrected chi connectivity index (χ0v) is 13.3. The Morgan fingerprint density at radius 3 is 2.44 bits per heavy atom. The SMILES string of the molecule is CCC(O)(CCC(C)(C)OC)c1cccc(Br)c1. The number of rotatable bonds is 6. The van der Waals surface area contributed by atoms with Crippen LogP contribution < -0.4 is 0 Å². The number of ether oxygens (including phenoxy) is 1. The Morgan fingerprint density at radius 1 is 1.28 bits per heavy atom. The fraction of sp³-hybridized carbons (Fsp3) is 0.600. The van der Waals surface area contributed by atoms with Crippen LogP contribution in [0.25, 0.3) is 0 Å². The lowest BCUT2D eigenvalue weighted by molar-refractivity contribution is -0.0306. The summed E-state index contributed by atoms with van der Waals surface area (Å²) in [4.78, 5) is 0. The number of methoxy groups -OCH3 is 1. The Balaban J connectivity index is 2.86. The second-order valence-electron chi connectivity index (χ2n) is 5.36. The fourth-order valence-electron chi connectivity index (χ4n) is 1.91. The predicted octanol–water partition coefficient (Wildman–Crippen LogP) is 4.25. The van der Waals surface area contributed by atoms with Gasteiger partial charge in [0, 0.05) is 11.6 Å². The van der Waals surface area contributed by atoms with Crippen LogP contribution in [0.4, 0.5) is 0 Å². The van der Waals surface area contributed by atoms with Crippen LogP contribution >= 0.6 is 15.9 Å². The summed E-state index contributed by atoms with van der Waals surface area (Å²) in [5, 5.41) is 10.8. The Bertz CT molecular complexity index is 390. The van der Waals surface area contributed by atoms with Crippen LogP contribution in [-0.2, 0) is 10.3 Å². The van der Waals surface area contributed by atoms with E-state index in [1.807, 2.05) is 45.0 Å². The Morgan fingerprint density at radius 2 is 1.94 bits per heavy atom. The van der Waals surface area contributed by atoms with Crippen molar-refractivity contribution in [3.63, 3.8) is 0 Å². The monoisotopic (exact) mass is 314 g/mol. The van der Waals surface area contributed by atoms with Gasteiger partial charge in [-0.25, -0.2) is 0 Å². The number of hydrogen-bond donors (Lipinski definition) is 1. The highest BCUT2D eigenvalue weighted by molar-refractivity contribution is 9.10. The van der Waals surface area contributed by atoms with Gasteiger partial charge in [0.15, 0.2) is 0 Å². The maximum atomic E-state index is 10.8. The Kier molecular flexibility index (Phi) is 5.38. The molecule has 0 fully saturated rings. The molecule has 0 aliphatic rings. The summed E-state index contributed by atoms with van der Waals surface area (Å²) in [6.07, 6.45) is 2.21. The molecule has 1 atom stereocenters. The van der Waals surface area contributed by atoms with Crippen molar-refractivity contribution in [2.24, 2.45) is 0 Å². The Labute approximate surface area is 118 Å². The molecule has 2 nitrogen and oxygen atoms in total. The second-order valence-corrected chi connectivity index (χ2v) is 6.27. The lowest BCUT2D eigenvalue weighted by Gasteiger charge is -2.32. The molecule has 102 valence electrons. The molecule has 0 heterocycles. The summed E-state index contributed by atoms with van der Waals surface area (Å²) in [5.74, 6) is 0. The van der Waals surface area contributed by atoms with Gasteiger partial charge in [0.25, 0.3) is 0 Å². The highest BCUT2D eigenvalue weighted by atomic mass is 79.9. The topological polar surface area (TPSA) is 29.5 Å². The Hall–Kier alpha value is -0.380. The fourth-order valence-corrected chi connectivity index (χ4v) is 2.31. The number of hydrogen-bond acceptors (Lipinski definition) is 2. The minimum Gasteiger partial charge on any atom is -0.385 e. The van der Waals surface area contributed by atoms with Gasteiger partial charge in [-0.3, -0.25) is 0 Å². The molecule has 0 amide bonds. The molecule has 0 aromatic heterocycles. The summed E-state index contributed by atoms with van der Waals surface area (Å²) in [7, 11) is 1.71. The van der Waals surface area contributed by atoms with Crippen molar-refractivity contribution in [3.8, 4) is 0 Å². The summed E-state index contributed by atoms with van der Waals surface area (Å²) >= 11 is 3.45. The first-order valence-corrected chi connectivity index (χ1v) is 7.16. The third-order valence-electron chi connectivity index (χ3n) is 3.64. The van der Waals surface area contributed by atoms with E-state index in [0.29, 0.717) is 12.8 Å². The maximum Gasteiger partial charge on any atom is 0.0895 e. The lowest BCUT2D eigenvalue weighted by Crippen LogP contribution is -2.30. The quantitative estimate of drug-likeness (QED) is 0.850. The van der Waals surface area contributed by atoms with Crippen molar-refractivity contribution in [1.82, 2.24) is 0 Å². The van der Waals surface area contributed by atoms with Crippen LogP contribution in [0.15, 0.2) is 28.7 Å². The largest absolute Gasteiger partial charge is 0.385 e. The average Bonchev–Trinajstić information content (AvgIpc) is 2.36. The number of benzene rings is 1. The molecule has 1 rings (SSSR count). The van der Waals surface area contributed by atoms with E-state index in [-0.39, 0.29) is 5.60 Å². The first-order valence-electron chi connectivity index (χ1n) is 6.36. The van der Waals surface area contributed by atoms with Gasteiger partial charge in [0.1, 0.15) is 0 Å². The smallest absolute Gasteiger partial charge is 0.0895 e. The molecule has 18 heavy (non-hydrogen) atoms. The van der Waals surface area contributed by atoms with Crippen LogP contribution in [0.5, 0.6) is 0 Å². The molecule has 0 saturated carbocycles. The molecule has 0 bridgehead atoms. The van der Waals surface area contributed by atoms with Crippen LogP contribution in [0.3, 0.4) is 0 Å². The van der Waals surface area contributed by atoms with Gasteiger partial charge >= 0.3 is 0 Å². The van der Waals surface area contributed by atoms with Crippen molar-refractivity contribution < 1.29 is 9.84 Å². The van der Waals surface area contributed by atoms with Gasteiger partial charge in [-0.05, 0) is 50.8 Å². The van der Waals surface area contributed by atoms with Crippen molar-refractivity contribution in [2.45, 2.75) is 51.2 Å². The van der Waals surface area contributed by atoms with Gasteiger partial charge in [-0.2, -0.15) is 0 Å². The summed E-state index contributed by atoms with van der Waals surface area (Å²) in [6, 6.07) is 7.90. The van der Waals surface area contributed by atoms with Crippen LogP contribution in [0.2, 0.25) is 0 Å². The van der Waals surface area contributed by atoms with E-state index in [1.54, 1.807) is 7.11 Å². The first kappa shape index (κ1) is 15.7. The van der Waals surface area contributed by atoms with Crippen molar-refractivity contribution >= 4 is 15.9 Å². The third-order valence-corrected chi connectivity index (χ3v) is 4.13.